The molecular formula is C33H35F2N5O4S. The van der Waals surface area contributed by atoms with Gasteiger partial charge in [0.05, 0.1) is 36.6 Å². The molecule has 0 radical (unpaired) electrons. The van der Waals surface area contributed by atoms with Gasteiger partial charge >= 0.3 is 0 Å². The lowest BCUT2D eigenvalue weighted by Crippen LogP contribution is -2.44. The van der Waals surface area contributed by atoms with E-state index in [9.17, 15) is 14.0 Å². The van der Waals surface area contributed by atoms with Crippen LogP contribution < -0.4 is 10.1 Å². The Morgan fingerprint density at radius 2 is 2.02 bits per heavy atom. The van der Waals surface area contributed by atoms with Crippen molar-refractivity contribution in [2.75, 3.05) is 26.9 Å². The van der Waals surface area contributed by atoms with Crippen molar-refractivity contribution >= 4 is 33.2 Å². The lowest BCUT2D eigenvalue weighted by atomic mass is 9.96. The van der Waals surface area contributed by atoms with E-state index in [-0.39, 0.29) is 42.4 Å². The Kier molecular flexibility index (Phi) is 9.74. The largest absolute Gasteiger partial charge is 0.490 e. The lowest BCUT2D eigenvalue weighted by Gasteiger charge is -2.33. The third-order valence-corrected chi connectivity index (χ3v) is 8.60. The molecule has 0 spiro atoms. The molecule has 1 atom stereocenters. The van der Waals surface area contributed by atoms with E-state index in [1.165, 1.54) is 31.4 Å². The average Bonchev–Trinajstić information content (AvgIpc) is 3.65. The molecular weight excluding hydrogens is 600 g/mol. The molecule has 0 fully saturated rings. The number of halogens is 2. The predicted molar refractivity (Wildman–Crippen MR) is 170 cm³/mol. The van der Waals surface area contributed by atoms with Gasteiger partial charge in [0, 0.05) is 54.4 Å². The Morgan fingerprint density at radius 1 is 1.22 bits per heavy atom. The van der Waals surface area contributed by atoms with Gasteiger partial charge in [0.15, 0.2) is 0 Å². The summed E-state index contributed by atoms with van der Waals surface area (Å²) in [5.41, 5.74) is 3.78. The minimum absolute atomic E-state index is 0.0269. The van der Waals surface area contributed by atoms with Crippen molar-refractivity contribution in [1.29, 1.82) is 0 Å². The first-order valence-corrected chi connectivity index (χ1v) is 15.4. The first-order valence-electron chi connectivity index (χ1n) is 14.5. The lowest BCUT2D eigenvalue weighted by molar-refractivity contribution is -0.129. The Hall–Kier alpha value is -4.42. The zero-order valence-electron chi connectivity index (χ0n) is 25.5. The van der Waals surface area contributed by atoms with Crippen LogP contribution in [0, 0.1) is 11.6 Å². The van der Waals surface area contributed by atoms with Gasteiger partial charge < -0.3 is 19.7 Å². The first-order chi connectivity index (χ1) is 21.6. The van der Waals surface area contributed by atoms with E-state index < -0.39 is 11.6 Å². The number of hydrogen-bond acceptors (Lipinski definition) is 7. The average molecular weight is 636 g/mol. The van der Waals surface area contributed by atoms with E-state index in [1.54, 1.807) is 4.90 Å². The number of aromatic nitrogens is 3. The summed E-state index contributed by atoms with van der Waals surface area (Å²) >= 11 is 1.41. The summed E-state index contributed by atoms with van der Waals surface area (Å²) in [4.78, 5) is 30.7. The molecule has 1 aliphatic rings. The minimum atomic E-state index is -0.794. The number of nitrogens with one attached hydrogen (secondary N) is 1. The highest BCUT2D eigenvalue weighted by atomic mass is 32.1. The monoisotopic (exact) mass is 635 g/mol. The van der Waals surface area contributed by atoms with Gasteiger partial charge in [-0.3, -0.25) is 14.3 Å². The number of carbonyl (C=O) groups excluding carboxylic acids is 2. The van der Waals surface area contributed by atoms with E-state index in [2.05, 4.69) is 18.5 Å². The highest BCUT2D eigenvalue weighted by Gasteiger charge is 2.30. The van der Waals surface area contributed by atoms with Crippen LogP contribution in [-0.2, 0) is 33.8 Å². The van der Waals surface area contributed by atoms with Crippen LogP contribution in [0.2, 0.25) is 0 Å². The van der Waals surface area contributed by atoms with Crippen LogP contribution in [-0.4, -0.2) is 64.4 Å². The summed E-state index contributed by atoms with van der Waals surface area (Å²) < 4.78 is 44.0. The van der Waals surface area contributed by atoms with Crippen molar-refractivity contribution in [3.8, 4) is 28.3 Å². The summed E-state index contributed by atoms with van der Waals surface area (Å²) in [6, 6.07) is 5.66. The molecule has 1 unspecified atom stereocenters. The molecule has 0 saturated carbocycles. The number of nitrogens with zero attached hydrogens (tertiary/aromatic N) is 4. The zero-order valence-corrected chi connectivity index (χ0v) is 26.3. The second-order valence-electron chi connectivity index (χ2n) is 10.9. The van der Waals surface area contributed by atoms with E-state index >= 15 is 4.39 Å². The normalized spacial score (nSPS) is 14.3. The quantitative estimate of drug-likeness (QED) is 0.122. The molecule has 4 heterocycles. The number of amides is 2. The van der Waals surface area contributed by atoms with E-state index in [0.717, 1.165) is 39.2 Å². The Balaban J connectivity index is 1.68. The zero-order chi connectivity index (χ0) is 32.2. The number of hydrogen-bond donors (Lipinski definition) is 1. The van der Waals surface area contributed by atoms with Crippen molar-refractivity contribution in [1.82, 2.24) is 25.0 Å². The Bertz CT molecular complexity index is 1780. The van der Waals surface area contributed by atoms with Gasteiger partial charge in [-0.15, -0.1) is 11.3 Å². The molecule has 0 saturated heterocycles. The number of rotatable bonds is 12. The Labute approximate surface area is 264 Å². The summed E-state index contributed by atoms with van der Waals surface area (Å²) in [6.45, 7) is 12.6. The summed E-state index contributed by atoms with van der Waals surface area (Å²) in [7, 11) is 1.52. The fourth-order valence-electron chi connectivity index (χ4n) is 5.42. The third kappa shape index (κ3) is 6.81. The van der Waals surface area contributed by atoms with Crippen molar-refractivity contribution in [2.45, 2.75) is 45.8 Å². The number of pyridine rings is 1. The second-order valence-corrected chi connectivity index (χ2v) is 11.8. The molecule has 236 valence electrons. The van der Waals surface area contributed by atoms with E-state index in [4.69, 9.17) is 19.6 Å². The molecule has 1 N–H and O–H groups in total. The fraction of sp³-hybridized carbons (Fsp3) is 0.333. The molecule has 45 heavy (non-hydrogen) atoms. The number of benzene rings is 1. The highest BCUT2D eigenvalue weighted by Crippen LogP contribution is 2.45. The molecule has 9 nitrogen and oxygen atoms in total. The van der Waals surface area contributed by atoms with Gasteiger partial charge in [0.2, 0.25) is 11.8 Å². The number of fused-ring (bicyclic) bond motifs is 2. The van der Waals surface area contributed by atoms with E-state index in [0.29, 0.717) is 49.4 Å². The summed E-state index contributed by atoms with van der Waals surface area (Å²) in [5.74, 6) is -1.86. The van der Waals surface area contributed by atoms with Crippen molar-refractivity contribution < 1.29 is 27.8 Å². The van der Waals surface area contributed by atoms with Crippen molar-refractivity contribution in [2.24, 2.45) is 0 Å². The molecule has 4 aromatic rings. The third-order valence-electron chi connectivity index (χ3n) is 7.67. The number of carbonyl (C=O) groups is 2. The fourth-order valence-corrected chi connectivity index (χ4v) is 6.39. The van der Waals surface area contributed by atoms with Crippen LogP contribution in [0.25, 0.3) is 32.6 Å². The number of aryl methyl sites for hydroxylation is 1. The molecule has 5 rings (SSSR count). The molecule has 0 aliphatic carbocycles. The molecule has 3 aromatic heterocycles. The molecule has 1 aliphatic heterocycles. The Morgan fingerprint density at radius 3 is 2.76 bits per heavy atom. The van der Waals surface area contributed by atoms with Gasteiger partial charge in [-0.05, 0) is 43.4 Å². The van der Waals surface area contributed by atoms with Crippen molar-refractivity contribution in [3.05, 3.63) is 77.5 Å². The van der Waals surface area contributed by atoms with E-state index in [1.807, 2.05) is 29.1 Å². The van der Waals surface area contributed by atoms with Crippen LogP contribution in [0.15, 0.2) is 54.5 Å². The van der Waals surface area contributed by atoms with Crippen LogP contribution in [0.4, 0.5) is 8.78 Å². The number of methoxy groups -OCH3 is 1. The van der Waals surface area contributed by atoms with Gasteiger partial charge in [0.1, 0.15) is 35.4 Å². The highest BCUT2D eigenvalue weighted by molar-refractivity contribution is 7.17. The maximum atomic E-state index is 15.9. The van der Waals surface area contributed by atoms with Gasteiger partial charge in [-0.25, -0.2) is 13.8 Å². The van der Waals surface area contributed by atoms with Crippen LogP contribution in [0.5, 0.6) is 5.75 Å². The van der Waals surface area contributed by atoms with Crippen LogP contribution in [0.3, 0.4) is 0 Å². The van der Waals surface area contributed by atoms with Gasteiger partial charge in [0.25, 0.3) is 0 Å². The molecule has 12 heteroatoms. The predicted octanol–water partition coefficient (Wildman–Crippen LogP) is 5.67. The van der Waals surface area contributed by atoms with Gasteiger partial charge in [-0.2, -0.15) is 5.10 Å². The summed E-state index contributed by atoms with van der Waals surface area (Å²) in [5, 5.41) is 10.4. The molecule has 0 bridgehead atoms. The maximum absolute atomic E-state index is 15.9. The topological polar surface area (TPSA) is 98.6 Å². The first kappa shape index (κ1) is 32.0. The van der Waals surface area contributed by atoms with Gasteiger partial charge in [-0.1, -0.05) is 18.7 Å². The number of ether oxygens (including phenoxy) is 2. The van der Waals surface area contributed by atoms with Crippen LogP contribution in [0.1, 0.15) is 31.7 Å². The second kappa shape index (κ2) is 13.7. The smallest absolute Gasteiger partial charge is 0.246 e. The van der Waals surface area contributed by atoms with Crippen LogP contribution >= 0.6 is 11.3 Å². The summed E-state index contributed by atoms with van der Waals surface area (Å²) in [6.07, 6.45) is 2.36. The molecule has 1 aromatic carbocycles. The SMILES string of the molecule is C=CC(=O)N1Cc2cc(-c3nc(CCC(=C)CNC(C)=O)c4ccsc4c3-c3c(F)cc(F)cc3OCCOC)nn2CC1C. The minimum Gasteiger partial charge on any atom is -0.490 e. The maximum Gasteiger partial charge on any atom is 0.246 e. The number of thiophene rings is 1. The standard InChI is InChI=1S/C33H35F2N5O4S/c1-6-29(42)39-18-23-15-27(38-40(23)17-20(39)3)32-31(30-25(35)13-22(34)14-28(30)44-11-10-43-5)33-24(9-12-45-33)26(37-32)8-7-19(2)16-36-21(4)41/h6,9,12-15,20H,1-2,7-8,10-11,16-18H2,3-5H3,(H,36,41). The molecule has 2 amide bonds. The van der Waals surface area contributed by atoms with Crippen molar-refractivity contribution in [3.63, 3.8) is 0 Å².